The molecule has 2 heterocycles. The van der Waals surface area contributed by atoms with Crippen molar-refractivity contribution in [2.75, 3.05) is 46.5 Å². The molecule has 2 aliphatic heterocycles. The van der Waals surface area contributed by atoms with Crippen molar-refractivity contribution in [2.24, 2.45) is 0 Å². The van der Waals surface area contributed by atoms with Crippen LogP contribution in [0.15, 0.2) is 36.4 Å². The molecule has 2 fully saturated rings. The number of piperidine rings is 1. The SMILES string of the molecule is COc1cc(CN2CCC[C@](O)(COc3cc(C)ccc3Cl)C2)ccc1OCCCN1CCCCCC1=O. The van der Waals surface area contributed by atoms with Crippen LogP contribution in [0.25, 0.3) is 0 Å². The van der Waals surface area contributed by atoms with Gasteiger partial charge in [-0.3, -0.25) is 9.69 Å². The standard InChI is InChI=1S/C30H41ClN2O5/c1-23-9-11-25(31)27(18-23)38-22-30(35)13-6-14-32(21-30)20-24-10-12-26(28(19-24)36-2)37-17-7-16-33-15-5-3-4-8-29(33)34/h9-12,18-19,35H,3-8,13-17,20-22H2,1-2H3/t30-/m1/s1. The second kappa shape index (κ2) is 13.5. The van der Waals surface area contributed by atoms with Gasteiger partial charge >= 0.3 is 0 Å². The van der Waals surface area contributed by atoms with Gasteiger partial charge in [0.05, 0.1) is 18.7 Å². The second-order valence-corrected chi connectivity index (χ2v) is 11.0. The van der Waals surface area contributed by atoms with Crippen LogP contribution >= 0.6 is 11.6 Å². The second-order valence-electron chi connectivity index (χ2n) is 10.6. The average Bonchev–Trinajstić information content (AvgIpc) is 3.11. The van der Waals surface area contributed by atoms with Gasteiger partial charge < -0.3 is 24.2 Å². The maximum Gasteiger partial charge on any atom is 0.222 e. The fourth-order valence-corrected chi connectivity index (χ4v) is 5.46. The normalized spacial score (nSPS) is 20.7. The Morgan fingerprint density at radius 2 is 1.87 bits per heavy atom. The number of ether oxygens (including phenoxy) is 3. The van der Waals surface area contributed by atoms with Crippen molar-refractivity contribution in [1.29, 1.82) is 0 Å². The first kappa shape index (κ1) is 28.5. The molecule has 0 saturated carbocycles. The first-order chi connectivity index (χ1) is 18.3. The number of methoxy groups -OCH3 is 1. The third kappa shape index (κ3) is 8.01. The number of hydrogen-bond donors (Lipinski definition) is 1. The summed E-state index contributed by atoms with van der Waals surface area (Å²) in [6.07, 6.45) is 6.25. The highest BCUT2D eigenvalue weighted by Gasteiger charge is 2.34. The summed E-state index contributed by atoms with van der Waals surface area (Å²) in [5.74, 6) is 2.27. The highest BCUT2D eigenvalue weighted by Crippen LogP contribution is 2.31. The molecule has 2 aromatic carbocycles. The number of nitrogens with zero attached hydrogens (tertiary/aromatic N) is 2. The van der Waals surface area contributed by atoms with E-state index >= 15 is 0 Å². The Morgan fingerprint density at radius 3 is 2.71 bits per heavy atom. The Kier molecular flexibility index (Phi) is 10.2. The molecule has 0 spiro atoms. The van der Waals surface area contributed by atoms with Gasteiger partial charge in [-0.25, -0.2) is 0 Å². The summed E-state index contributed by atoms with van der Waals surface area (Å²) in [6, 6.07) is 11.7. The lowest BCUT2D eigenvalue weighted by atomic mass is 9.93. The van der Waals surface area contributed by atoms with E-state index in [0.717, 1.165) is 62.9 Å². The Hall–Kier alpha value is -2.48. The van der Waals surface area contributed by atoms with Gasteiger partial charge in [0, 0.05) is 32.6 Å². The van der Waals surface area contributed by atoms with Crippen molar-refractivity contribution in [3.63, 3.8) is 0 Å². The molecule has 2 saturated heterocycles. The summed E-state index contributed by atoms with van der Waals surface area (Å²) in [5, 5.41) is 11.8. The van der Waals surface area contributed by atoms with Crippen molar-refractivity contribution < 1.29 is 24.1 Å². The summed E-state index contributed by atoms with van der Waals surface area (Å²) in [7, 11) is 1.65. The molecule has 2 aliphatic rings. The van der Waals surface area contributed by atoms with Gasteiger partial charge in [0.1, 0.15) is 18.0 Å². The van der Waals surface area contributed by atoms with Gasteiger partial charge in [-0.2, -0.15) is 0 Å². The average molecular weight is 545 g/mol. The highest BCUT2D eigenvalue weighted by atomic mass is 35.5. The predicted octanol–water partition coefficient (Wildman–Crippen LogP) is 5.23. The van der Waals surface area contributed by atoms with E-state index in [9.17, 15) is 9.90 Å². The maximum atomic E-state index is 12.2. The van der Waals surface area contributed by atoms with Gasteiger partial charge in [0.2, 0.25) is 5.91 Å². The summed E-state index contributed by atoms with van der Waals surface area (Å²) in [6.45, 7) is 6.43. The predicted molar refractivity (Wildman–Crippen MR) is 149 cm³/mol. The third-order valence-electron chi connectivity index (χ3n) is 7.35. The smallest absolute Gasteiger partial charge is 0.222 e. The minimum atomic E-state index is -0.937. The molecular formula is C30H41ClN2O5. The highest BCUT2D eigenvalue weighted by molar-refractivity contribution is 6.32. The number of hydrogen-bond acceptors (Lipinski definition) is 6. The molecule has 0 unspecified atom stereocenters. The Bertz CT molecular complexity index is 1080. The molecule has 0 radical (unpaired) electrons. The molecule has 0 aliphatic carbocycles. The Labute approximate surface area is 231 Å². The van der Waals surface area contributed by atoms with Crippen LogP contribution in [0.3, 0.4) is 0 Å². The molecule has 8 heteroatoms. The quantitative estimate of drug-likeness (QED) is 0.390. The number of carbonyl (C=O) groups excluding carboxylic acids is 1. The maximum absolute atomic E-state index is 12.2. The number of carbonyl (C=O) groups is 1. The number of β-amino-alcohol motifs (C(OH)–C–C–N with tert-alkyl or cyclic N) is 1. The van der Waals surface area contributed by atoms with Crippen molar-refractivity contribution >= 4 is 17.5 Å². The van der Waals surface area contributed by atoms with Crippen LogP contribution in [0.4, 0.5) is 0 Å². The molecule has 0 bridgehead atoms. The van der Waals surface area contributed by atoms with E-state index in [1.54, 1.807) is 7.11 Å². The Balaban J connectivity index is 1.28. The third-order valence-corrected chi connectivity index (χ3v) is 7.67. The van der Waals surface area contributed by atoms with Crippen LogP contribution in [0.5, 0.6) is 17.2 Å². The molecule has 1 N–H and O–H groups in total. The van der Waals surface area contributed by atoms with Crippen LogP contribution in [-0.2, 0) is 11.3 Å². The number of aliphatic hydroxyl groups is 1. The lowest BCUT2D eigenvalue weighted by molar-refractivity contribution is -0.130. The topological polar surface area (TPSA) is 71.5 Å². The molecule has 0 aromatic heterocycles. The van der Waals surface area contributed by atoms with E-state index < -0.39 is 5.60 Å². The van der Waals surface area contributed by atoms with Gasteiger partial charge in [0.25, 0.3) is 0 Å². The van der Waals surface area contributed by atoms with Gasteiger partial charge in [-0.05, 0) is 81.0 Å². The summed E-state index contributed by atoms with van der Waals surface area (Å²) < 4.78 is 17.6. The van der Waals surface area contributed by atoms with Gasteiger partial charge in [0.15, 0.2) is 11.5 Å². The minimum absolute atomic E-state index is 0.200. The van der Waals surface area contributed by atoms with E-state index in [-0.39, 0.29) is 12.5 Å². The van der Waals surface area contributed by atoms with Crippen molar-refractivity contribution in [3.8, 4) is 17.2 Å². The first-order valence-electron chi connectivity index (χ1n) is 13.8. The summed E-state index contributed by atoms with van der Waals surface area (Å²) in [4.78, 5) is 16.4. The summed E-state index contributed by atoms with van der Waals surface area (Å²) in [5.41, 5.74) is 1.22. The molecule has 38 heavy (non-hydrogen) atoms. The minimum Gasteiger partial charge on any atom is -0.493 e. The number of benzene rings is 2. The molecule has 4 rings (SSSR count). The zero-order valence-electron chi connectivity index (χ0n) is 22.7. The zero-order valence-corrected chi connectivity index (χ0v) is 23.5. The number of rotatable bonds is 11. The van der Waals surface area contributed by atoms with Crippen molar-refractivity contribution in [2.45, 2.75) is 64.0 Å². The van der Waals surface area contributed by atoms with Crippen LogP contribution in [0.2, 0.25) is 5.02 Å². The lowest BCUT2D eigenvalue weighted by Crippen LogP contribution is -2.51. The lowest BCUT2D eigenvalue weighted by Gasteiger charge is -2.39. The van der Waals surface area contributed by atoms with E-state index in [0.29, 0.717) is 54.8 Å². The van der Waals surface area contributed by atoms with Crippen LogP contribution < -0.4 is 14.2 Å². The van der Waals surface area contributed by atoms with Crippen LogP contribution in [0.1, 0.15) is 56.1 Å². The molecule has 208 valence electrons. The first-order valence-corrected chi connectivity index (χ1v) is 14.1. The van der Waals surface area contributed by atoms with E-state index in [1.807, 2.05) is 48.2 Å². The molecule has 7 nitrogen and oxygen atoms in total. The van der Waals surface area contributed by atoms with Crippen molar-refractivity contribution in [3.05, 3.63) is 52.5 Å². The number of likely N-dealkylation sites (tertiary alicyclic amines) is 2. The van der Waals surface area contributed by atoms with Crippen LogP contribution in [-0.4, -0.2) is 72.9 Å². The van der Waals surface area contributed by atoms with E-state index in [1.165, 1.54) is 0 Å². The fraction of sp³-hybridized carbons (Fsp3) is 0.567. The van der Waals surface area contributed by atoms with E-state index in [4.69, 9.17) is 25.8 Å². The largest absolute Gasteiger partial charge is 0.493 e. The van der Waals surface area contributed by atoms with Gasteiger partial charge in [-0.15, -0.1) is 0 Å². The number of amides is 1. The zero-order chi connectivity index (χ0) is 27.0. The number of halogens is 1. The molecule has 2 aromatic rings. The molecule has 1 amide bonds. The Morgan fingerprint density at radius 1 is 1.00 bits per heavy atom. The van der Waals surface area contributed by atoms with Crippen LogP contribution in [0, 0.1) is 6.92 Å². The molecule has 1 atom stereocenters. The number of aryl methyl sites for hydroxylation is 1. The fourth-order valence-electron chi connectivity index (χ4n) is 5.29. The summed E-state index contributed by atoms with van der Waals surface area (Å²) >= 11 is 6.27. The molecular weight excluding hydrogens is 504 g/mol. The monoisotopic (exact) mass is 544 g/mol. The van der Waals surface area contributed by atoms with E-state index in [2.05, 4.69) is 4.90 Å². The van der Waals surface area contributed by atoms with Gasteiger partial charge in [-0.1, -0.05) is 30.2 Å². The van der Waals surface area contributed by atoms with Crippen molar-refractivity contribution in [1.82, 2.24) is 9.80 Å².